The minimum atomic E-state index is -0.500. The molecule has 2 amide bonds. The van der Waals surface area contributed by atoms with Crippen molar-refractivity contribution in [1.29, 1.82) is 0 Å². The molecule has 2 atom stereocenters. The van der Waals surface area contributed by atoms with Gasteiger partial charge in [-0.2, -0.15) is 0 Å². The molecule has 0 spiro atoms. The van der Waals surface area contributed by atoms with Gasteiger partial charge in [-0.25, -0.2) is 4.39 Å². The van der Waals surface area contributed by atoms with E-state index in [4.69, 9.17) is 4.52 Å². The van der Waals surface area contributed by atoms with E-state index in [2.05, 4.69) is 10.5 Å². The molecule has 1 aromatic carbocycles. The zero-order valence-corrected chi connectivity index (χ0v) is 14.2. The van der Waals surface area contributed by atoms with Crippen molar-refractivity contribution in [2.75, 3.05) is 6.54 Å². The summed E-state index contributed by atoms with van der Waals surface area (Å²) in [6, 6.07) is 6.64. The van der Waals surface area contributed by atoms with Crippen molar-refractivity contribution in [1.82, 2.24) is 15.4 Å². The molecule has 1 aliphatic rings. The van der Waals surface area contributed by atoms with Gasteiger partial charge >= 0.3 is 0 Å². The molecule has 25 heavy (non-hydrogen) atoms. The van der Waals surface area contributed by atoms with Gasteiger partial charge in [0.15, 0.2) is 11.5 Å². The fourth-order valence-corrected chi connectivity index (χ4v) is 3.01. The van der Waals surface area contributed by atoms with Gasteiger partial charge in [0.05, 0.1) is 0 Å². The van der Waals surface area contributed by atoms with Crippen LogP contribution in [0.2, 0.25) is 0 Å². The van der Waals surface area contributed by atoms with Crippen molar-refractivity contribution in [2.24, 2.45) is 0 Å². The molecule has 0 radical (unpaired) electrons. The van der Waals surface area contributed by atoms with Gasteiger partial charge < -0.3 is 14.7 Å². The van der Waals surface area contributed by atoms with Crippen molar-refractivity contribution in [3.8, 4) is 11.3 Å². The molecule has 2 unspecified atom stereocenters. The Morgan fingerprint density at radius 1 is 1.40 bits per heavy atom. The van der Waals surface area contributed by atoms with E-state index >= 15 is 0 Å². The number of halogens is 1. The van der Waals surface area contributed by atoms with Crippen molar-refractivity contribution in [3.63, 3.8) is 0 Å². The van der Waals surface area contributed by atoms with Crippen LogP contribution in [0.5, 0.6) is 0 Å². The van der Waals surface area contributed by atoms with Crippen LogP contribution >= 0.6 is 0 Å². The summed E-state index contributed by atoms with van der Waals surface area (Å²) in [5, 5.41) is 6.72. The van der Waals surface area contributed by atoms with Crippen molar-refractivity contribution in [3.05, 3.63) is 41.8 Å². The SMILES string of the molecule is CCCC1C(=O)NC(C)CN1C(=O)c1cc(-c2ccc(F)cc2)on1. The Bertz CT molecular complexity index is 772. The molecule has 7 heteroatoms. The summed E-state index contributed by atoms with van der Waals surface area (Å²) in [6.45, 7) is 4.25. The number of carbonyl (C=O) groups is 2. The zero-order valence-electron chi connectivity index (χ0n) is 14.2. The molecule has 1 N–H and O–H groups in total. The molecule has 1 fully saturated rings. The van der Waals surface area contributed by atoms with E-state index in [0.717, 1.165) is 6.42 Å². The lowest BCUT2D eigenvalue weighted by Gasteiger charge is -2.37. The number of nitrogens with zero attached hydrogens (tertiary/aromatic N) is 2. The van der Waals surface area contributed by atoms with Crippen LogP contribution in [0.4, 0.5) is 4.39 Å². The van der Waals surface area contributed by atoms with Crippen molar-refractivity contribution >= 4 is 11.8 Å². The molecule has 2 heterocycles. The van der Waals surface area contributed by atoms with Gasteiger partial charge in [0.25, 0.3) is 5.91 Å². The first-order valence-corrected chi connectivity index (χ1v) is 8.33. The van der Waals surface area contributed by atoms with E-state index in [0.29, 0.717) is 24.3 Å². The second-order valence-electron chi connectivity index (χ2n) is 6.25. The van der Waals surface area contributed by atoms with E-state index in [1.807, 2.05) is 13.8 Å². The van der Waals surface area contributed by atoms with E-state index in [-0.39, 0.29) is 29.4 Å². The Morgan fingerprint density at radius 3 is 2.80 bits per heavy atom. The van der Waals surface area contributed by atoms with Gasteiger partial charge in [-0.15, -0.1) is 0 Å². The average molecular weight is 345 g/mol. The van der Waals surface area contributed by atoms with Crippen LogP contribution in [0.25, 0.3) is 11.3 Å². The summed E-state index contributed by atoms with van der Waals surface area (Å²) in [4.78, 5) is 26.6. The van der Waals surface area contributed by atoms with Crippen LogP contribution in [0.1, 0.15) is 37.2 Å². The second-order valence-corrected chi connectivity index (χ2v) is 6.25. The molecule has 3 rings (SSSR count). The van der Waals surface area contributed by atoms with Crippen molar-refractivity contribution < 1.29 is 18.5 Å². The standard InChI is InChI=1S/C18H20FN3O3/c1-3-4-15-17(23)20-11(2)10-22(15)18(24)14-9-16(25-21-14)12-5-7-13(19)8-6-12/h5-9,11,15H,3-4,10H2,1-2H3,(H,20,23). The Hall–Kier alpha value is -2.70. The average Bonchev–Trinajstić information content (AvgIpc) is 3.07. The number of hydrogen-bond acceptors (Lipinski definition) is 4. The number of rotatable bonds is 4. The predicted molar refractivity (Wildman–Crippen MR) is 89.2 cm³/mol. The highest BCUT2D eigenvalue weighted by molar-refractivity contribution is 5.97. The second kappa shape index (κ2) is 7.04. The summed E-state index contributed by atoms with van der Waals surface area (Å²) in [7, 11) is 0. The summed E-state index contributed by atoms with van der Waals surface area (Å²) in [5.74, 6) is -0.450. The fourth-order valence-electron chi connectivity index (χ4n) is 3.01. The fraction of sp³-hybridized carbons (Fsp3) is 0.389. The quantitative estimate of drug-likeness (QED) is 0.924. The number of hydrogen-bond donors (Lipinski definition) is 1. The van der Waals surface area contributed by atoms with Gasteiger partial charge in [0.2, 0.25) is 5.91 Å². The molecule has 132 valence electrons. The van der Waals surface area contributed by atoms with Gasteiger partial charge in [-0.3, -0.25) is 9.59 Å². The lowest BCUT2D eigenvalue weighted by molar-refractivity contribution is -0.129. The van der Waals surface area contributed by atoms with E-state index in [1.54, 1.807) is 17.0 Å². The highest BCUT2D eigenvalue weighted by Gasteiger charge is 2.36. The smallest absolute Gasteiger partial charge is 0.276 e. The first-order chi connectivity index (χ1) is 12.0. The summed E-state index contributed by atoms with van der Waals surface area (Å²) < 4.78 is 18.3. The Balaban J connectivity index is 1.84. The van der Waals surface area contributed by atoms with Crippen LogP contribution in [0, 0.1) is 5.82 Å². The normalized spacial score (nSPS) is 20.4. The maximum Gasteiger partial charge on any atom is 0.276 e. The molecule has 0 bridgehead atoms. The highest BCUT2D eigenvalue weighted by atomic mass is 19.1. The van der Waals surface area contributed by atoms with Gasteiger partial charge in [0.1, 0.15) is 11.9 Å². The molecule has 1 saturated heterocycles. The minimum absolute atomic E-state index is 0.118. The number of carbonyl (C=O) groups excluding carboxylic acids is 2. The van der Waals surface area contributed by atoms with E-state index in [1.165, 1.54) is 18.2 Å². The Morgan fingerprint density at radius 2 is 2.12 bits per heavy atom. The number of benzene rings is 1. The molecular formula is C18H20FN3O3. The molecule has 0 aliphatic carbocycles. The monoisotopic (exact) mass is 345 g/mol. The summed E-state index contributed by atoms with van der Waals surface area (Å²) >= 11 is 0. The van der Waals surface area contributed by atoms with Crippen LogP contribution in [0.15, 0.2) is 34.9 Å². The third-order valence-electron chi connectivity index (χ3n) is 4.22. The first kappa shape index (κ1) is 17.1. The topological polar surface area (TPSA) is 75.4 Å². The molecular weight excluding hydrogens is 325 g/mol. The third kappa shape index (κ3) is 3.55. The first-order valence-electron chi connectivity index (χ1n) is 8.33. The lowest BCUT2D eigenvalue weighted by atomic mass is 10.0. The van der Waals surface area contributed by atoms with Crippen LogP contribution in [0.3, 0.4) is 0 Å². The van der Waals surface area contributed by atoms with E-state index in [9.17, 15) is 14.0 Å². The molecule has 0 saturated carbocycles. The summed E-state index contributed by atoms with van der Waals surface area (Å²) in [6.07, 6.45) is 1.38. The van der Waals surface area contributed by atoms with Gasteiger partial charge in [-0.05, 0) is 37.6 Å². The van der Waals surface area contributed by atoms with Gasteiger partial charge in [0, 0.05) is 24.2 Å². The zero-order chi connectivity index (χ0) is 18.0. The van der Waals surface area contributed by atoms with Crippen LogP contribution < -0.4 is 5.32 Å². The Kier molecular flexibility index (Phi) is 4.83. The maximum absolute atomic E-state index is 13.0. The number of nitrogens with one attached hydrogen (secondary N) is 1. The lowest BCUT2D eigenvalue weighted by Crippen LogP contribution is -2.60. The highest BCUT2D eigenvalue weighted by Crippen LogP contribution is 2.23. The Labute approximate surface area is 145 Å². The number of aromatic nitrogens is 1. The van der Waals surface area contributed by atoms with Gasteiger partial charge in [-0.1, -0.05) is 18.5 Å². The predicted octanol–water partition coefficient (Wildman–Crippen LogP) is 2.61. The molecule has 2 aromatic rings. The minimum Gasteiger partial charge on any atom is -0.355 e. The summed E-state index contributed by atoms with van der Waals surface area (Å²) in [5.41, 5.74) is 0.769. The van der Waals surface area contributed by atoms with Crippen LogP contribution in [-0.4, -0.2) is 40.5 Å². The van der Waals surface area contributed by atoms with Crippen LogP contribution in [-0.2, 0) is 4.79 Å². The number of amides is 2. The van der Waals surface area contributed by atoms with E-state index < -0.39 is 6.04 Å². The molecule has 1 aromatic heterocycles. The number of piperazine rings is 1. The van der Waals surface area contributed by atoms with Crippen molar-refractivity contribution in [2.45, 2.75) is 38.8 Å². The molecule has 1 aliphatic heterocycles. The third-order valence-corrected chi connectivity index (χ3v) is 4.22. The maximum atomic E-state index is 13.0. The molecule has 6 nitrogen and oxygen atoms in total. The largest absolute Gasteiger partial charge is 0.355 e.